The van der Waals surface area contributed by atoms with E-state index in [9.17, 15) is 9.59 Å². The topological polar surface area (TPSA) is 148 Å². The van der Waals surface area contributed by atoms with Gasteiger partial charge < -0.3 is 19.0 Å². The van der Waals surface area contributed by atoms with E-state index in [0.29, 0.717) is 0 Å². The molecule has 10 heteroatoms. The first-order valence-electron chi connectivity index (χ1n) is 13.5. The summed E-state index contributed by atoms with van der Waals surface area (Å²) in [6, 6.07) is 30.8. The highest BCUT2D eigenvalue weighted by Gasteiger charge is 2.04. The molecule has 0 amide bonds. The summed E-state index contributed by atoms with van der Waals surface area (Å²) in [6.45, 7) is 3.62. The Balaban J connectivity index is 0.000000199. The number of carboxylic acids is 2. The van der Waals surface area contributed by atoms with E-state index in [0.717, 1.165) is 27.9 Å². The molecule has 0 aliphatic heterocycles. The molecule has 10 nitrogen and oxygen atoms in total. The maximum absolute atomic E-state index is 10.1. The Hall–Kier alpha value is -6.26. The van der Waals surface area contributed by atoms with Gasteiger partial charge in [-0.15, -0.1) is 0 Å². The summed E-state index contributed by atoms with van der Waals surface area (Å²) in [5.41, 5.74) is 4.52. The van der Waals surface area contributed by atoms with Crippen molar-refractivity contribution in [2.45, 2.75) is 26.8 Å². The van der Waals surface area contributed by atoms with Crippen LogP contribution in [0.25, 0.3) is 11.0 Å². The summed E-state index contributed by atoms with van der Waals surface area (Å²) in [4.78, 5) is 23.3. The monoisotopic (exact) mass is 589 g/mol. The van der Waals surface area contributed by atoms with Crippen molar-refractivity contribution in [3.05, 3.63) is 145 Å². The predicted octanol–water partition coefficient (Wildman–Crippen LogP) is 5.55. The van der Waals surface area contributed by atoms with E-state index in [1.54, 1.807) is 48.4 Å². The largest absolute Gasteiger partial charge is 0.481 e. The maximum Gasteiger partial charge on any atom is 0.370 e. The number of aryl methyl sites for hydroxylation is 1. The van der Waals surface area contributed by atoms with Gasteiger partial charge in [0.2, 0.25) is 6.54 Å². The van der Waals surface area contributed by atoms with Crippen molar-refractivity contribution in [2.24, 2.45) is 0 Å². The number of fused-ring (bicyclic) bond motifs is 2. The van der Waals surface area contributed by atoms with Gasteiger partial charge in [0.25, 0.3) is 0 Å². The SMILES string of the molecule is CCC(=O)O.Cc1cc(C#N)c2ccccn12.N#Cc1ccn2ccccc12.O=C(O)C[n+]1ccccc1.c1ccncc1. The van der Waals surface area contributed by atoms with Crippen LogP contribution in [0.3, 0.4) is 0 Å². The third-order valence-corrected chi connectivity index (χ3v) is 5.64. The van der Waals surface area contributed by atoms with Crippen LogP contribution in [0.5, 0.6) is 0 Å². The summed E-state index contributed by atoms with van der Waals surface area (Å²) in [5.74, 6) is -1.57. The second-order valence-corrected chi connectivity index (χ2v) is 8.81. The second-order valence-electron chi connectivity index (χ2n) is 8.81. The summed E-state index contributed by atoms with van der Waals surface area (Å²) in [5, 5.41) is 33.5. The van der Waals surface area contributed by atoms with Crippen molar-refractivity contribution >= 4 is 23.0 Å². The zero-order valence-electron chi connectivity index (χ0n) is 24.4. The molecule has 222 valence electrons. The van der Waals surface area contributed by atoms with Gasteiger partial charge >= 0.3 is 11.9 Å². The number of carbonyl (C=O) groups is 2. The highest BCUT2D eigenvalue weighted by atomic mass is 16.4. The van der Waals surface area contributed by atoms with Crippen LogP contribution in [0.2, 0.25) is 0 Å². The van der Waals surface area contributed by atoms with Gasteiger partial charge in [-0.05, 0) is 55.5 Å². The van der Waals surface area contributed by atoms with E-state index >= 15 is 0 Å². The Morgan fingerprint density at radius 2 is 1.36 bits per heavy atom. The molecule has 0 spiro atoms. The number of aliphatic carboxylic acids is 2. The van der Waals surface area contributed by atoms with Crippen molar-refractivity contribution in [3.8, 4) is 12.1 Å². The molecule has 0 unspecified atom stereocenters. The number of nitriles is 2. The van der Waals surface area contributed by atoms with Crippen molar-refractivity contribution in [1.29, 1.82) is 10.5 Å². The smallest absolute Gasteiger partial charge is 0.370 e. The van der Waals surface area contributed by atoms with Crippen LogP contribution in [0, 0.1) is 29.6 Å². The van der Waals surface area contributed by atoms with Gasteiger partial charge in [-0.1, -0.05) is 31.2 Å². The van der Waals surface area contributed by atoms with E-state index in [1.165, 1.54) is 0 Å². The van der Waals surface area contributed by atoms with E-state index in [4.69, 9.17) is 20.7 Å². The first kappa shape index (κ1) is 33.9. The molecular formula is C34H33N6O4+. The summed E-state index contributed by atoms with van der Waals surface area (Å²) in [7, 11) is 0. The minimum Gasteiger partial charge on any atom is -0.481 e. The van der Waals surface area contributed by atoms with Crippen molar-refractivity contribution in [1.82, 2.24) is 13.8 Å². The molecule has 0 aromatic carbocycles. The normalized spacial score (nSPS) is 9.18. The first-order valence-corrected chi connectivity index (χ1v) is 13.5. The van der Waals surface area contributed by atoms with Crippen molar-refractivity contribution in [3.63, 3.8) is 0 Å². The zero-order valence-corrected chi connectivity index (χ0v) is 24.4. The number of hydrogen-bond acceptors (Lipinski definition) is 5. The average molecular weight is 590 g/mol. The minimum absolute atomic E-state index is 0.0286. The highest BCUT2D eigenvalue weighted by Crippen LogP contribution is 2.14. The fraction of sp³-hybridized carbons (Fsp3) is 0.118. The van der Waals surface area contributed by atoms with E-state index in [2.05, 4.69) is 17.1 Å². The molecule has 0 aliphatic carbocycles. The molecule has 6 heterocycles. The second kappa shape index (κ2) is 19.0. The van der Waals surface area contributed by atoms with E-state index in [-0.39, 0.29) is 13.0 Å². The Kier molecular flexibility index (Phi) is 14.6. The van der Waals surface area contributed by atoms with Crippen LogP contribution >= 0.6 is 0 Å². The molecule has 6 rings (SSSR count). The Morgan fingerprint density at radius 1 is 0.773 bits per heavy atom. The fourth-order valence-corrected chi connectivity index (χ4v) is 3.57. The molecule has 2 N–H and O–H groups in total. The number of rotatable bonds is 3. The molecule has 0 aliphatic rings. The standard InChI is InChI=1S/C10H8N2.C9H6N2.C7H7NO2.C5H5N.C3H6O2/c1-8-6-9(7-11)10-4-2-3-5-12(8)10;10-7-8-4-6-11-5-2-1-3-9(8)11;9-7(10)6-8-4-2-1-3-5-8;1-2-4-6-5-3-1;1-2-3(4)5/h2-6H,1H3;1-6H;1-5H,6H2;1-5H;2H2,1H3,(H,4,5)/p+1. The third-order valence-electron chi connectivity index (χ3n) is 5.64. The number of aromatic nitrogens is 4. The molecule has 0 fully saturated rings. The van der Waals surface area contributed by atoms with Crippen LogP contribution in [0.15, 0.2) is 128 Å². The van der Waals surface area contributed by atoms with Gasteiger partial charge in [-0.2, -0.15) is 15.1 Å². The molecule has 0 saturated heterocycles. The number of carboxylic acid groups (broad SMARTS) is 2. The number of pyridine rings is 4. The Bertz CT molecular complexity index is 1790. The molecule has 6 aromatic heterocycles. The lowest BCUT2D eigenvalue weighted by molar-refractivity contribution is -0.685. The lowest BCUT2D eigenvalue weighted by Crippen LogP contribution is -2.36. The molecule has 0 atom stereocenters. The van der Waals surface area contributed by atoms with E-state index in [1.807, 2.05) is 107 Å². The summed E-state index contributed by atoms with van der Waals surface area (Å²) >= 11 is 0. The minimum atomic E-state index is -0.823. The molecular weight excluding hydrogens is 556 g/mol. The van der Waals surface area contributed by atoms with Crippen LogP contribution in [0.1, 0.15) is 30.2 Å². The van der Waals surface area contributed by atoms with Gasteiger partial charge in [0.1, 0.15) is 12.1 Å². The predicted molar refractivity (Wildman–Crippen MR) is 165 cm³/mol. The van der Waals surface area contributed by atoms with Crippen LogP contribution in [-0.2, 0) is 16.1 Å². The van der Waals surface area contributed by atoms with Crippen molar-refractivity contribution in [2.75, 3.05) is 0 Å². The van der Waals surface area contributed by atoms with Crippen LogP contribution in [0.4, 0.5) is 0 Å². The van der Waals surface area contributed by atoms with Crippen LogP contribution in [-0.4, -0.2) is 35.9 Å². The summed E-state index contributed by atoms with van der Waals surface area (Å²) in [6.07, 6.45) is 12.9. The van der Waals surface area contributed by atoms with Gasteiger partial charge in [-0.3, -0.25) is 9.78 Å². The fourth-order valence-electron chi connectivity index (χ4n) is 3.57. The molecule has 44 heavy (non-hydrogen) atoms. The Morgan fingerprint density at radius 3 is 1.89 bits per heavy atom. The Labute approximate surface area is 255 Å². The van der Waals surface area contributed by atoms with Gasteiger partial charge in [0, 0.05) is 55.2 Å². The first-order chi connectivity index (χ1) is 21.3. The van der Waals surface area contributed by atoms with Gasteiger partial charge in [0.05, 0.1) is 22.2 Å². The number of nitrogens with zero attached hydrogens (tertiary/aromatic N) is 6. The van der Waals surface area contributed by atoms with Crippen molar-refractivity contribution < 1.29 is 24.4 Å². The average Bonchev–Trinajstić information content (AvgIpc) is 3.64. The van der Waals surface area contributed by atoms with Gasteiger partial charge in [-0.25, -0.2) is 4.79 Å². The highest BCUT2D eigenvalue weighted by molar-refractivity contribution is 5.66. The molecule has 0 saturated carbocycles. The third kappa shape index (κ3) is 11.7. The quantitative estimate of drug-likeness (QED) is 0.257. The number of hydrogen-bond donors (Lipinski definition) is 2. The van der Waals surface area contributed by atoms with E-state index < -0.39 is 11.9 Å². The lowest BCUT2D eigenvalue weighted by Gasteiger charge is -1.94. The summed E-state index contributed by atoms with van der Waals surface area (Å²) < 4.78 is 5.54. The molecule has 0 bridgehead atoms. The van der Waals surface area contributed by atoms with Crippen LogP contribution < -0.4 is 4.57 Å². The lowest BCUT2D eigenvalue weighted by atomic mass is 10.3. The maximum atomic E-state index is 10.1. The molecule has 6 aromatic rings. The molecule has 0 radical (unpaired) electrons. The zero-order chi connectivity index (χ0) is 32.2. The van der Waals surface area contributed by atoms with Gasteiger partial charge in [0.15, 0.2) is 12.4 Å².